The number of aliphatic hydroxyl groups is 1. The van der Waals surface area contributed by atoms with E-state index < -0.39 is 6.10 Å². The first-order valence-corrected chi connectivity index (χ1v) is 11.8. The van der Waals surface area contributed by atoms with Gasteiger partial charge in [0.05, 0.1) is 6.54 Å². The standard InChI is InChI=1S/C29H24ClNO4/c30-22-12-10-21(11-13-22)29(33)31(17-20-6-2-1-3-7-20)18-23(32)19-34-24-14-15-28-26(16-24)25-8-4-5-9-27(25)35-28/h1-16,23,32H,17-19H2/t23-/m0/s1. The lowest BCUT2D eigenvalue weighted by atomic mass is 10.1. The van der Waals surface area contributed by atoms with Gasteiger partial charge >= 0.3 is 0 Å². The van der Waals surface area contributed by atoms with Gasteiger partial charge in [-0.05, 0) is 54.1 Å². The zero-order valence-corrected chi connectivity index (χ0v) is 19.7. The molecule has 1 amide bonds. The quantitative estimate of drug-likeness (QED) is 0.279. The molecule has 4 aromatic carbocycles. The van der Waals surface area contributed by atoms with E-state index in [1.165, 1.54) is 0 Å². The number of furan rings is 1. The van der Waals surface area contributed by atoms with Crippen LogP contribution in [0.3, 0.4) is 0 Å². The summed E-state index contributed by atoms with van der Waals surface area (Å²) in [5, 5.41) is 13.3. The minimum Gasteiger partial charge on any atom is -0.491 e. The van der Waals surface area contributed by atoms with E-state index >= 15 is 0 Å². The first-order valence-electron chi connectivity index (χ1n) is 11.4. The molecule has 1 N–H and O–H groups in total. The molecule has 0 aliphatic rings. The molecular weight excluding hydrogens is 462 g/mol. The number of aliphatic hydroxyl groups excluding tert-OH is 1. The Morgan fingerprint density at radius 2 is 1.60 bits per heavy atom. The molecule has 0 fully saturated rings. The molecule has 1 atom stereocenters. The number of hydrogen-bond acceptors (Lipinski definition) is 4. The molecule has 0 spiro atoms. The third-order valence-corrected chi connectivity index (χ3v) is 6.07. The fourth-order valence-electron chi connectivity index (χ4n) is 4.09. The number of nitrogens with zero attached hydrogens (tertiary/aromatic N) is 1. The summed E-state index contributed by atoms with van der Waals surface area (Å²) in [4.78, 5) is 14.9. The van der Waals surface area contributed by atoms with E-state index in [-0.39, 0.29) is 19.1 Å². The number of rotatable bonds is 8. The van der Waals surface area contributed by atoms with Crippen molar-refractivity contribution in [3.8, 4) is 5.75 Å². The second-order valence-corrected chi connectivity index (χ2v) is 8.84. The number of hydrogen-bond donors (Lipinski definition) is 1. The van der Waals surface area contributed by atoms with Crippen LogP contribution in [-0.2, 0) is 6.54 Å². The fraction of sp³-hybridized carbons (Fsp3) is 0.138. The minimum absolute atomic E-state index is 0.0421. The fourth-order valence-corrected chi connectivity index (χ4v) is 4.22. The van der Waals surface area contributed by atoms with Crippen molar-refractivity contribution in [2.75, 3.05) is 13.2 Å². The molecule has 0 saturated carbocycles. The van der Waals surface area contributed by atoms with Crippen LogP contribution in [0.15, 0.2) is 101 Å². The predicted molar refractivity (Wildman–Crippen MR) is 138 cm³/mol. The minimum atomic E-state index is -0.883. The summed E-state index contributed by atoms with van der Waals surface area (Å²) in [6.45, 7) is 0.528. The van der Waals surface area contributed by atoms with Crippen molar-refractivity contribution < 1.29 is 19.1 Å². The van der Waals surface area contributed by atoms with Crippen molar-refractivity contribution >= 4 is 39.4 Å². The molecule has 0 radical (unpaired) electrons. The monoisotopic (exact) mass is 485 g/mol. The van der Waals surface area contributed by atoms with E-state index in [0.29, 0.717) is 22.9 Å². The van der Waals surface area contributed by atoms with Gasteiger partial charge in [-0.25, -0.2) is 0 Å². The number of amides is 1. The first-order chi connectivity index (χ1) is 17.1. The highest BCUT2D eigenvalue weighted by Crippen LogP contribution is 2.31. The Balaban J connectivity index is 1.30. The Kier molecular flexibility index (Phi) is 6.70. The number of ether oxygens (including phenoxy) is 1. The first kappa shape index (κ1) is 23.0. The number of carbonyl (C=O) groups excluding carboxylic acids is 1. The molecule has 35 heavy (non-hydrogen) atoms. The van der Waals surface area contributed by atoms with Crippen molar-refractivity contribution in [3.63, 3.8) is 0 Å². The summed E-state index contributed by atoms with van der Waals surface area (Å²) in [6, 6.07) is 29.9. The van der Waals surface area contributed by atoms with Crippen molar-refractivity contribution in [1.82, 2.24) is 4.90 Å². The van der Waals surface area contributed by atoms with Crippen LogP contribution < -0.4 is 4.74 Å². The lowest BCUT2D eigenvalue weighted by Crippen LogP contribution is -2.39. The zero-order chi connectivity index (χ0) is 24.2. The summed E-state index contributed by atoms with van der Waals surface area (Å²) < 4.78 is 11.8. The number of fused-ring (bicyclic) bond motifs is 3. The van der Waals surface area contributed by atoms with Crippen LogP contribution in [-0.4, -0.2) is 35.2 Å². The molecule has 176 valence electrons. The number of para-hydroxylation sites is 1. The maximum Gasteiger partial charge on any atom is 0.254 e. The van der Waals surface area contributed by atoms with Gasteiger partial charge in [-0.15, -0.1) is 0 Å². The maximum absolute atomic E-state index is 13.2. The van der Waals surface area contributed by atoms with Crippen LogP contribution >= 0.6 is 11.6 Å². The van der Waals surface area contributed by atoms with Crippen molar-refractivity contribution in [2.45, 2.75) is 12.6 Å². The molecule has 0 unspecified atom stereocenters. The van der Waals surface area contributed by atoms with Gasteiger partial charge in [0.2, 0.25) is 0 Å². The normalized spacial score (nSPS) is 12.1. The van der Waals surface area contributed by atoms with Gasteiger partial charge in [-0.3, -0.25) is 4.79 Å². The molecule has 5 rings (SSSR count). The molecule has 6 heteroatoms. The van der Waals surface area contributed by atoms with E-state index in [2.05, 4.69) is 0 Å². The zero-order valence-electron chi connectivity index (χ0n) is 18.9. The van der Waals surface area contributed by atoms with Crippen LogP contribution in [0.1, 0.15) is 15.9 Å². The summed E-state index contributed by atoms with van der Waals surface area (Å²) >= 11 is 5.98. The van der Waals surface area contributed by atoms with E-state index in [1.54, 1.807) is 29.2 Å². The van der Waals surface area contributed by atoms with Crippen molar-refractivity contribution in [2.24, 2.45) is 0 Å². The largest absolute Gasteiger partial charge is 0.491 e. The second-order valence-electron chi connectivity index (χ2n) is 8.40. The smallest absolute Gasteiger partial charge is 0.254 e. The Morgan fingerprint density at radius 1 is 0.886 bits per heavy atom. The summed E-state index contributed by atoms with van der Waals surface area (Å²) in [7, 11) is 0. The predicted octanol–water partition coefficient (Wildman–Crippen LogP) is 6.32. The summed E-state index contributed by atoms with van der Waals surface area (Å²) in [6.07, 6.45) is -0.883. The Hall–Kier alpha value is -3.80. The van der Waals surface area contributed by atoms with Gasteiger partial charge < -0.3 is 19.2 Å². The molecule has 5 nitrogen and oxygen atoms in total. The average molecular weight is 486 g/mol. The number of halogens is 1. The molecule has 1 heterocycles. The lowest BCUT2D eigenvalue weighted by Gasteiger charge is -2.26. The molecular formula is C29H24ClNO4. The van der Waals surface area contributed by atoms with Crippen LogP contribution in [0.2, 0.25) is 5.02 Å². The van der Waals surface area contributed by atoms with Gasteiger partial charge in [0.1, 0.15) is 29.6 Å². The Bertz CT molecular complexity index is 1450. The molecule has 5 aromatic rings. The number of carbonyl (C=O) groups is 1. The van der Waals surface area contributed by atoms with E-state index in [1.807, 2.05) is 72.8 Å². The third-order valence-electron chi connectivity index (χ3n) is 5.82. The Labute approximate surface area is 208 Å². The SMILES string of the molecule is O=C(c1ccc(Cl)cc1)N(Cc1ccccc1)C[C@H](O)COc1ccc2oc3ccccc3c2c1. The molecule has 0 bridgehead atoms. The highest BCUT2D eigenvalue weighted by Gasteiger charge is 2.20. The van der Waals surface area contributed by atoms with E-state index in [4.69, 9.17) is 20.8 Å². The van der Waals surface area contributed by atoms with Crippen LogP contribution in [0, 0.1) is 0 Å². The van der Waals surface area contributed by atoms with Crippen LogP contribution in [0.25, 0.3) is 21.9 Å². The van der Waals surface area contributed by atoms with Gasteiger partial charge in [0, 0.05) is 27.9 Å². The third kappa shape index (κ3) is 5.32. The molecule has 0 saturated heterocycles. The van der Waals surface area contributed by atoms with Gasteiger partial charge in [0.15, 0.2) is 0 Å². The highest BCUT2D eigenvalue weighted by atomic mass is 35.5. The lowest BCUT2D eigenvalue weighted by molar-refractivity contribution is 0.0482. The van der Waals surface area contributed by atoms with Crippen LogP contribution in [0.5, 0.6) is 5.75 Å². The summed E-state index contributed by atoms with van der Waals surface area (Å²) in [5.41, 5.74) is 3.08. The molecule has 1 aromatic heterocycles. The maximum atomic E-state index is 13.2. The Morgan fingerprint density at radius 3 is 2.40 bits per heavy atom. The van der Waals surface area contributed by atoms with Crippen molar-refractivity contribution in [1.29, 1.82) is 0 Å². The van der Waals surface area contributed by atoms with Gasteiger partial charge in [-0.1, -0.05) is 60.1 Å². The van der Waals surface area contributed by atoms with Gasteiger partial charge in [0.25, 0.3) is 5.91 Å². The summed E-state index contributed by atoms with van der Waals surface area (Å²) in [5.74, 6) is 0.442. The molecule has 0 aliphatic carbocycles. The number of benzene rings is 4. The van der Waals surface area contributed by atoms with Crippen molar-refractivity contribution in [3.05, 3.63) is 113 Å². The topological polar surface area (TPSA) is 62.9 Å². The van der Waals surface area contributed by atoms with E-state index in [0.717, 1.165) is 27.5 Å². The second kappa shape index (κ2) is 10.2. The van der Waals surface area contributed by atoms with Gasteiger partial charge in [-0.2, -0.15) is 0 Å². The average Bonchev–Trinajstić information content (AvgIpc) is 3.26. The molecule has 0 aliphatic heterocycles. The highest BCUT2D eigenvalue weighted by molar-refractivity contribution is 6.30. The van der Waals surface area contributed by atoms with Crippen LogP contribution in [0.4, 0.5) is 0 Å². The van der Waals surface area contributed by atoms with E-state index in [9.17, 15) is 9.90 Å².